The summed E-state index contributed by atoms with van der Waals surface area (Å²) >= 11 is 0. The minimum atomic E-state index is -0.522. The van der Waals surface area contributed by atoms with E-state index in [0.29, 0.717) is 30.6 Å². The van der Waals surface area contributed by atoms with E-state index < -0.39 is 18.0 Å². The molecule has 1 aromatic rings. The van der Waals surface area contributed by atoms with Gasteiger partial charge in [0.25, 0.3) is 0 Å². The molecule has 1 unspecified atom stereocenters. The molecule has 33 heavy (non-hydrogen) atoms. The number of cyclic esters (lactones) is 1. The van der Waals surface area contributed by atoms with Gasteiger partial charge >= 0.3 is 11.9 Å². The Kier molecular flexibility index (Phi) is 11.4. The highest BCUT2D eigenvalue weighted by Gasteiger charge is 2.27. The number of benzene rings is 1. The highest BCUT2D eigenvalue weighted by Crippen LogP contribution is 2.28. The van der Waals surface area contributed by atoms with Crippen molar-refractivity contribution in [3.8, 4) is 5.75 Å². The van der Waals surface area contributed by atoms with Crippen LogP contribution in [0.25, 0.3) is 0 Å². The Morgan fingerprint density at radius 1 is 1.27 bits per heavy atom. The summed E-state index contributed by atoms with van der Waals surface area (Å²) in [6.07, 6.45) is 10.1. The quantitative estimate of drug-likeness (QED) is 0.235. The molecule has 0 saturated carbocycles. The summed E-state index contributed by atoms with van der Waals surface area (Å²) in [7, 11) is 3.10. The zero-order chi connectivity index (χ0) is 24.1. The van der Waals surface area contributed by atoms with Gasteiger partial charge in [-0.05, 0) is 30.4 Å². The summed E-state index contributed by atoms with van der Waals surface area (Å²) < 4.78 is 27.3. The molecule has 7 nitrogen and oxygen atoms in total. The van der Waals surface area contributed by atoms with E-state index in [1.807, 2.05) is 18.2 Å². The smallest absolute Gasteiger partial charge is 0.342 e. The lowest BCUT2D eigenvalue weighted by Crippen LogP contribution is -2.31. The topological polar surface area (TPSA) is 80.3 Å². The van der Waals surface area contributed by atoms with E-state index in [0.717, 1.165) is 12.0 Å². The molecule has 1 aliphatic rings. The third-order valence-electron chi connectivity index (χ3n) is 5.35. The molecule has 0 aromatic heterocycles. The maximum Gasteiger partial charge on any atom is 0.342 e. The van der Waals surface area contributed by atoms with Gasteiger partial charge in [0.2, 0.25) is 0 Å². The van der Waals surface area contributed by atoms with Gasteiger partial charge in [-0.25, -0.2) is 9.59 Å². The van der Waals surface area contributed by atoms with Gasteiger partial charge in [0.15, 0.2) is 0 Å². The Balaban J connectivity index is 2.32. The molecular formula is C26H34O7. The van der Waals surface area contributed by atoms with Crippen LogP contribution in [0.5, 0.6) is 5.75 Å². The summed E-state index contributed by atoms with van der Waals surface area (Å²) in [5.74, 6) is -0.316. The molecule has 1 heterocycles. The molecule has 180 valence electrons. The third kappa shape index (κ3) is 8.51. The van der Waals surface area contributed by atoms with Crippen molar-refractivity contribution in [2.75, 3.05) is 27.6 Å². The minimum absolute atomic E-state index is 0.135. The van der Waals surface area contributed by atoms with Gasteiger partial charge in [0, 0.05) is 26.0 Å². The molecule has 2 rings (SSSR count). The Hall–Kier alpha value is -2.90. The Bertz CT molecular complexity index is 843. The predicted octanol–water partition coefficient (Wildman–Crippen LogP) is 4.41. The van der Waals surface area contributed by atoms with E-state index in [1.54, 1.807) is 19.3 Å². The Morgan fingerprint density at radius 3 is 2.82 bits per heavy atom. The second-order valence-corrected chi connectivity index (χ2v) is 7.81. The molecule has 0 N–H and O–H groups in total. The molecular weight excluding hydrogens is 424 g/mol. The van der Waals surface area contributed by atoms with Crippen LogP contribution in [-0.4, -0.2) is 51.8 Å². The van der Waals surface area contributed by atoms with Crippen molar-refractivity contribution in [3.63, 3.8) is 0 Å². The standard InChI is InChI=1S/C26H34O7/c1-5-16-31-24(27)15-9-13-21-17-23(32-18-29-3)19(2)10-6-7-11-20-12-8-14-22(30-4)25(20)26(28)33-21/h5-9,12,14-15,19,21,23H,1,10-11,13,16-18H2,2-4H3/b7-6+,15-9+/t19-,21?,23+/m0/s1. The Morgan fingerprint density at radius 2 is 2.09 bits per heavy atom. The predicted molar refractivity (Wildman–Crippen MR) is 125 cm³/mol. The zero-order valence-corrected chi connectivity index (χ0v) is 19.7. The summed E-state index contributed by atoms with van der Waals surface area (Å²) in [5.41, 5.74) is 1.24. The lowest BCUT2D eigenvalue weighted by atomic mass is 9.93. The van der Waals surface area contributed by atoms with E-state index in [9.17, 15) is 9.59 Å². The molecule has 1 aliphatic heterocycles. The molecule has 7 heteroatoms. The number of carbonyl (C=O) groups is 2. The average Bonchev–Trinajstić information content (AvgIpc) is 2.81. The lowest BCUT2D eigenvalue weighted by molar-refractivity contribution is -0.136. The van der Waals surface area contributed by atoms with Gasteiger partial charge in [-0.2, -0.15) is 0 Å². The van der Waals surface area contributed by atoms with Crippen LogP contribution >= 0.6 is 0 Å². The summed E-state index contributed by atoms with van der Waals surface area (Å²) in [6.45, 7) is 5.89. The van der Waals surface area contributed by atoms with Gasteiger partial charge in [0.05, 0.1) is 13.2 Å². The van der Waals surface area contributed by atoms with E-state index in [-0.39, 0.29) is 25.4 Å². The number of esters is 2. The lowest BCUT2D eigenvalue weighted by Gasteiger charge is -2.28. The summed E-state index contributed by atoms with van der Waals surface area (Å²) in [5, 5.41) is 0. The number of hydrogen-bond acceptors (Lipinski definition) is 7. The molecule has 0 aliphatic carbocycles. The minimum Gasteiger partial charge on any atom is -0.496 e. The number of allylic oxidation sites excluding steroid dienone is 2. The van der Waals surface area contributed by atoms with Crippen molar-refractivity contribution >= 4 is 11.9 Å². The van der Waals surface area contributed by atoms with E-state index in [4.69, 9.17) is 23.7 Å². The molecule has 0 amide bonds. The van der Waals surface area contributed by atoms with Crippen LogP contribution in [-0.2, 0) is 30.2 Å². The van der Waals surface area contributed by atoms with E-state index in [2.05, 4.69) is 19.6 Å². The maximum atomic E-state index is 13.2. The largest absolute Gasteiger partial charge is 0.496 e. The van der Waals surface area contributed by atoms with Gasteiger partial charge in [0.1, 0.15) is 30.8 Å². The van der Waals surface area contributed by atoms with Crippen LogP contribution in [0.1, 0.15) is 42.1 Å². The van der Waals surface area contributed by atoms with Crippen LogP contribution in [0.2, 0.25) is 0 Å². The van der Waals surface area contributed by atoms with Crippen LogP contribution in [0.4, 0.5) is 0 Å². The molecule has 3 atom stereocenters. The van der Waals surface area contributed by atoms with Gasteiger partial charge in [-0.15, -0.1) is 0 Å². The number of fused-ring (bicyclic) bond motifs is 1. The Labute approximate surface area is 196 Å². The first-order valence-corrected chi connectivity index (χ1v) is 11.1. The summed E-state index contributed by atoms with van der Waals surface area (Å²) in [4.78, 5) is 25.0. The monoisotopic (exact) mass is 458 g/mol. The van der Waals surface area contributed by atoms with Crippen molar-refractivity contribution in [2.45, 2.75) is 44.8 Å². The van der Waals surface area contributed by atoms with Crippen LogP contribution in [0, 0.1) is 5.92 Å². The fourth-order valence-electron chi connectivity index (χ4n) is 3.61. The second kappa shape index (κ2) is 14.3. The zero-order valence-electron chi connectivity index (χ0n) is 19.7. The average molecular weight is 459 g/mol. The SMILES string of the molecule is C=CCOC(=O)/C=C/CC1C[C@@H](OCOC)[C@@H](C)C/C=C/Cc2cccc(OC)c2C(=O)O1. The first kappa shape index (κ1) is 26.4. The van der Waals surface area contributed by atoms with Crippen molar-refractivity contribution < 1.29 is 33.3 Å². The first-order valence-electron chi connectivity index (χ1n) is 11.1. The molecule has 0 fully saturated rings. The van der Waals surface area contributed by atoms with Gasteiger partial charge < -0.3 is 23.7 Å². The number of methoxy groups -OCH3 is 2. The molecule has 0 bridgehead atoms. The summed E-state index contributed by atoms with van der Waals surface area (Å²) in [6, 6.07) is 5.50. The normalized spacial score (nSPS) is 22.4. The number of carbonyl (C=O) groups excluding carboxylic acids is 2. The number of ether oxygens (including phenoxy) is 5. The third-order valence-corrected chi connectivity index (χ3v) is 5.35. The van der Waals surface area contributed by atoms with Crippen LogP contribution in [0.3, 0.4) is 0 Å². The van der Waals surface area contributed by atoms with Crippen molar-refractivity contribution in [2.24, 2.45) is 5.92 Å². The molecule has 0 radical (unpaired) electrons. The molecule has 0 saturated heterocycles. The van der Waals surface area contributed by atoms with Gasteiger partial charge in [-0.1, -0.05) is 49.9 Å². The maximum absolute atomic E-state index is 13.2. The highest BCUT2D eigenvalue weighted by atomic mass is 16.7. The number of rotatable bonds is 9. The highest BCUT2D eigenvalue weighted by molar-refractivity contribution is 5.94. The number of hydrogen-bond donors (Lipinski definition) is 0. The molecule has 1 aromatic carbocycles. The van der Waals surface area contributed by atoms with Gasteiger partial charge in [-0.3, -0.25) is 0 Å². The second-order valence-electron chi connectivity index (χ2n) is 7.81. The fourth-order valence-corrected chi connectivity index (χ4v) is 3.61. The van der Waals surface area contributed by atoms with Crippen molar-refractivity contribution in [3.05, 3.63) is 66.3 Å². The van der Waals surface area contributed by atoms with Crippen molar-refractivity contribution in [1.29, 1.82) is 0 Å². The fraction of sp³-hybridized carbons (Fsp3) is 0.462. The van der Waals surface area contributed by atoms with Crippen molar-refractivity contribution in [1.82, 2.24) is 0 Å². The molecule has 0 spiro atoms. The van der Waals surface area contributed by atoms with Crippen LogP contribution in [0.15, 0.2) is 55.2 Å². The van der Waals surface area contributed by atoms with E-state index >= 15 is 0 Å². The van der Waals surface area contributed by atoms with Crippen LogP contribution < -0.4 is 4.74 Å². The van der Waals surface area contributed by atoms with E-state index in [1.165, 1.54) is 19.3 Å². The first-order chi connectivity index (χ1) is 16.0.